The molecule has 0 bridgehead atoms. The summed E-state index contributed by atoms with van der Waals surface area (Å²) in [5.74, 6) is -1.68. The van der Waals surface area contributed by atoms with E-state index in [4.69, 9.17) is 0 Å². The molecule has 2 rings (SSSR count). The minimum atomic E-state index is -1.06. The first-order valence-electron chi connectivity index (χ1n) is 6.46. The van der Waals surface area contributed by atoms with Crippen molar-refractivity contribution in [1.29, 1.82) is 0 Å². The van der Waals surface area contributed by atoms with Crippen LogP contribution in [-0.4, -0.2) is 9.97 Å². The predicted molar refractivity (Wildman–Crippen MR) is 69.6 cm³/mol. The lowest BCUT2D eigenvalue weighted by molar-refractivity contribution is 0.465. The van der Waals surface area contributed by atoms with Gasteiger partial charge in [-0.25, -0.2) is 14.4 Å². The first-order chi connectivity index (χ1) is 9.25. The van der Waals surface area contributed by atoms with E-state index in [9.17, 15) is 8.78 Å². The predicted octanol–water partition coefficient (Wildman–Crippen LogP) is 3.71. The molecule has 0 aliphatic carbocycles. The van der Waals surface area contributed by atoms with Gasteiger partial charge >= 0.3 is 0 Å². The highest BCUT2D eigenvalue weighted by molar-refractivity contribution is 5.14. The molecule has 1 aromatic carbocycles. The fourth-order valence-corrected chi connectivity index (χ4v) is 1.93. The molecule has 0 atom stereocenters. The van der Waals surface area contributed by atoms with Crippen molar-refractivity contribution in [2.24, 2.45) is 0 Å². The molecule has 2 aromatic rings. The summed E-state index contributed by atoms with van der Waals surface area (Å²) in [6.45, 7) is 0. The molecule has 0 spiro atoms. The molecule has 2 nitrogen and oxygen atoms in total. The number of aryl methyl sites for hydroxylation is 2. The van der Waals surface area contributed by atoms with Crippen molar-refractivity contribution in [1.82, 2.24) is 9.97 Å². The molecule has 19 heavy (non-hydrogen) atoms. The summed E-state index contributed by atoms with van der Waals surface area (Å²) in [6.07, 6.45) is 5.51. The summed E-state index contributed by atoms with van der Waals surface area (Å²) >= 11 is 0. The van der Waals surface area contributed by atoms with E-state index in [-0.39, 0.29) is 0 Å². The molecule has 0 saturated carbocycles. The van der Waals surface area contributed by atoms with Crippen LogP contribution in [0.4, 0.5) is 8.78 Å². The van der Waals surface area contributed by atoms with Crippen molar-refractivity contribution in [2.75, 3.05) is 0 Å². The summed E-state index contributed by atoms with van der Waals surface area (Å²) in [6, 6.07) is 10.3. The lowest BCUT2D eigenvalue weighted by Gasteiger charge is -2.02. The third-order valence-electron chi connectivity index (χ3n) is 2.96. The molecule has 100 valence electrons. The standard InChI is InChI=1S/C15H16F2N2/c16-13-11-18-14(19-15(13)17)10-6-2-5-9-12-7-3-1-4-8-12/h1,3-4,7-8,11H,2,5-6,9-10H2. The zero-order valence-electron chi connectivity index (χ0n) is 10.6. The normalized spacial score (nSPS) is 10.6. The number of benzene rings is 1. The summed E-state index contributed by atoms with van der Waals surface area (Å²) < 4.78 is 25.5. The number of halogens is 2. The van der Waals surface area contributed by atoms with Gasteiger partial charge < -0.3 is 0 Å². The minimum absolute atomic E-state index is 0.374. The number of hydrogen-bond acceptors (Lipinski definition) is 2. The monoisotopic (exact) mass is 262 g/mol. The Morgan fingerprint density at radius 1 is 0.895 bits per heavy atom. The molecular formula is C15H16F2N2. The van der Waals surface area contributed by atoms with Crippen LogP contribution in [0.1, 0.15) is 30.7 Å². The molecule has 0 radical (unpaired) electrons. The highest BCUT2D eigenvalue weighted by Crippen LogP contribution is 2.09. The Bertz CT molecular complexity index is 515. The van der Waals surface area contributed by atoms with E-state index in [0.29, 0.717) is 12.2 Å². The van der Waals surface area contributed by atoms with Crippen LogP contribution >= 0.6 is 0 Å². The molecule has 1 heterocycles. The van der Waals surface area contributed by atoms with Crippen LogP contribution in [0.3, 0.4) is 0 Å². The summed E-state index contributed by atoms with van der Waals surface area (Å²) in [5.41, 5.74) is 1.33. The third-order valence-corrected chi connectivity index (χ3v) is 2.96. The van der Waals surface area contributed by atoms with E-state index in [2.05, 4.69) is 22.1 Å². The largest absolute Gasteiger partial charge is 0.252 e. The molecule has 0 N–H and O–H groups in total. The van der Waals surface area contributed by atoms with Gasteiger partial charge in [-0.1, -0.05) is 36.8 Å². The smallest absolute Gasteiger partial charge is 0.238 e. The Morgan fingerprint density at radius 3 is 2.37 bits per heavy atom. The highest BCUT2D eigenvalue weighted by atomic mass is 19.2. The average Bonchev–Trinajstić information content (AvgIpc) is 2.43. The van der Waals surface area contributed by atoms with Gasteiger partial charge in [0, 0.05) is 6.42 Å². The van der Waals surface area contributed by atoms with Crippen molar-refractivity contribution >= 4 is 0 Å². The first-order valence-corrected chi connectivity index (χ1v) is 6.46. The molecule has 0 fully saturated rings. The second kappa shape index (κ2) is 6.92. The topological polar surface area (TPSA) is 25.8 Å². The Kier molecular flexibility index (Phi) is 4.95. The molecular weight excluding hydrogens is 246 g/mol. The lowest BCUT2D eigenvalue weighted by atomic mass is 10.1. The van der Waals surface area contributed by atoms with Crippen LogP contribution in [0.2, 0.25) is 0 Å². The molecule has 0 saturated heterocycles. The minimum Gasteiger partial charge on any atom is -0.238 e. The fourth-order valence-electron chi connectivity index (χ4n) is 1.93. The number of unbranched alkanes of at least 4 members (excludes halogenated alkanes) is 2. The van der Waals surface area contributed by atoms with Crippen LogP contribution in [0, 0.1) is 11.8 Å². The van der Waals surface area contributed by atoms with Crippen molar-refractivity contribution in [3.05, 3.63) is 59.7 Å². The van der Waals surface area contributed by atoms with Gasteiger partial charge in [-0.05, 0) is 24.8 Å². The average molecular weight is 262 g/mol. The van der Waals surface area contributed by atoms with Gasteiger partial charge in [0.1, 0.15) is 5.82 Å². The molecule has 0 amide bonds. The van der Waals surface area contributed by atoms with E-state index in [1.807, 2.05) is 18.2 Å². The Morgan fingerprint density at radius 2 is 1.63 bits per heavy atom. The van der Waals surface area contributed by atoms with Crippen LogP contribution < -0.4 is 0 Å². The first kappa shape index (κ1) is 13.6. The molecule has 1 aromatic heterocycles. The molecule has 0 aliphatic heterocycles. The van der Waals surface area contributed by atoms with Crippen LogP contribution in [0.15, 0.2) is 36.5 Å². The van der Waals surface area contributed by atoms with Gasteiger partial charge in [-0.3, -0.25) is 0 Å². The second-order valence-electron chi connectivity index (χ2n) is 4.47. The summed E-state index contributed by atoms with van der Waals surface area (Å²) in [5, 5.41) is 0. The van der Waals surface area contributed by atoms with Gasteiger partial charge in [0.25, 0.3) is 5.95 Å². The van der Waals surface area contributed by atoms with Crippen molar-refractivity contribution < 1.29 is 8.78 Å². The van der Waals surface area contributed by atoms with E-state index in [0.717, 1.165) is 31.9 Å². The number of aromatic nitrogens is 2. The fraction of sp³-hybridized carbons (Fsp3) is 0.333. The van der Waals surface area contributed by atoms with Crippen LogP contribution in [-0.2, 0) is 12.8 Å². The lowest BCUT2D eigenvalue weighted by Crippen LogP contribution is -2.00. The van der Waals surface area contributed by atoms with E-state index in [1.165, 1.54) is 5.56 Å². The zero-order chi connectivity index (χ0) is 13.5. The molecule has 4 heteroatoms. The second-order valence-corrected chi connectivity index (χ2v) is 4.47. The highest BCUT2D eigenvalue weighted by Gasteiger charge is 2.05. The Balaban J connectivity index is 1.68. The number of nitrogens with zero attached hydrogens (tertiary/aromatic N) is 2. The third kappa shape index (κ3) is 4.39. The Labute approximate surface area is 111 Å². The van der Waals surface area contributed by atoms with E-state index >= 15 is 0 Å². The number of rotatable bonds is 6. The maximum Gasteiger partial charge on any atom is 0.252 e. The van der Waals surface area contributed by atoms with E-state index in [1.54, 1.807) is 0 Å². The van der Waals surface area contributed by atoms with Crippen molar-refractivity contribution in [3.8, 4) is 0 Å². The zero-order valence-corrected chi connectivity index (χ0v) is 10.6. The van der Waals surface area contributed by atoms with Crippen molar-refractivity contribution in [2.45, 2.75) is 32.1 Å². The molecule has 0 aliphatic rings. The van der Waals surface area contributed by atoms with Gasteiger partial charge in [0.2, 0.25) is 0 Å². The quantitative estimate of drug-likeness (QED) is 0.586. The number of hydrogen-bond donors (Lipinski definition) is 0. The molecule has 0 unspecified atom stereocenters. The van der Waals surface area contributed by atoms with Crippen molar-refractivity contribution in [3.63, 3.8) is 0 Å². The maximum absolute atomic E-state index is 12.8. The van der Waals surface area contributed by atoms with Gasteiger partial charge in [0.15, 0.2) is 5.82 Å². The van der Waals surface area contributed by atoms with Crippen LogP contribution in [0.25, 0.3) is 0 Å². The maximum atomic E-state index is 12.8. The van der Waals surface area contributed by atoms with Gasteiger partial charge in [-0.2, -0.15) is 4.39 Å². The SMILES string of the molecule is Fc1cnc(CCCCCc2ccccc2)nc1F. The summed E-state index contributed by atoms with van der Waals surface area (Å²) in [7, 11) is 0. The van der Waals surface area contributed by atoms with Gasteiger partial charge in [-0.15, -0.1) is 0 Å². The van der Waals surface area contributed by atoms with Crippen LogP contribution in [0.5, 0.6) is 0 Å². The van der Waals surface area contributed by atoms with Gasteiger partial charge in [0.05, 0.1) is 6.20 Å². The van der Waals surface area contributed by atoms with E-state index < -0.39 is 11.8 Å². The summed E-state index contributed by atoms with van der Waals surface area (Å²) in [4.78, 5) is 7.24. The Hall–Kier alpha value is -1.84.